The summed E-state index contributed by atoms with van der Waals surface area (Å²) in [7, 11) is 2.15. The van der Waals surface area contributed by atoms with E-state index in [1.807, 2.05) is 6.20 Å². The van der Waals surface area contributed by atoms with Gasteiger partial charge in [-0.3, -0.25) is 9.69 Å². The third-order valence-electron chi connectivity index (χ3n) is 7.32. The van der Waals surface area contributed by atoms with Gasteiger partial charge in [0.2, 0.25) is 5.91 Å². The quantitative estimate of drug-likeness (QED) is 0.876. The Balaban J connectivity index is 1.26. The molecule has 27 heavy (non-hydrogen) atoms. The summed E-state index contributed by atoms with van der Waals surface area (Å²) < 4.78 is 2.24. The molecule has 0 aliphatic carbocycles. The van der Waals surface area contributed by atoms with E-state index in [0.29, 0.717) is 11.3 Å². The second kappa shape index (κ2) is 7.92. The van der Waals surface area contributed by atoms with Gasteiger partial charge in [0, 0.05) is 38.6 Å². The summed E-state index contributed by atoms with van der Waals surface area (Å²) in [6.07, 6.45) is 10.9. The van der Waals surface area contributed by atoms with Crippen LogP contribution in [0, 0.1) is 18.3 Å². The number of likely N-dealkylation sites (N-methyl/N-ethyl adjacent to an activating group) is 1. The van der Waals surface area contributed by atoms with Crippen LogP contribution in [-0.4, -0.2) is 71.1 Å². The summed E-state index contributed by atoms with van der Waals surface area (Å²) >= 11 is 0. The van der Waals surface area contributed by atoms with Crippen LogP contribution in [0.3, 0.4) is 0 Å². The van der Waals surface area contributed by atoms with Gasteiger partial charge in [0.15, 0.2) is 0 Å². The van der Waals surface area contributed by atoms with Crippen molar-refractivity contribution in [3.8, 4) is 0 Å². The minimum Gasteiger partial charge on any atom is -0.341 e. The number of piperidine rings is 2. The zero-order valence-corrected chi connectivity index (χ0v) is 17.0. The van der Waals surface area contributed by atoms with Crippen molar-refractivity contribution < 1.29 is 4.79 Å². The Morgan fingerprint density at radius 2 is 2.04 bits per heavy atom. The molecule has 1 N–H and O–H groups in total. The molecule has 4 rings (SSSR count). The lowest BCUT2D eigenvalue weighted by atomic mass is 9.77. The summed E-state index contributed by atoms with van der Waals surface area (Å²) in [4.78, 5) is 22.0. The lowest BCUT2D eigenvalue weighted by Gasteiger charge is -2.35. The van der Waals surface area contributed by atoms with Crippen LogP contribution < -0.4 is 5.32 Å². The number of aryl methyl sites for hydroxylation is 2. The zero-order valence-electron chi connectivity index (χ0n) is 17.0. The fraction of sp³-hybridized carbons (Fsp3) is 0.810. The molecule has 3 fully saturated rings. The molecule has 1 amide bonds. The molecule has 1 unspecified atom stereocenters. The lowest BCUT2D eigenvalue weighted by Crippen LogP contribution is -2.47. The first kappa shape index (κ1) is 18.9. The van der Waals surface area contributed by atoms with Gasteiger partial charge in [-0.05, 0) is 76.9 Å². The molecular formula is C21H35N5O. The van der Waals surface area contributed by atoms with Gasteiger partial charge in [-0.25, -0.2) is 4.98 Å². The molecule has 0 radical (unpaired) electrons. The standard InChI is InChI=1S/C21H35N5O/c1-17-23-10-14-25(17)11-3-18-4-12-26(13-5-18)20(27)19-15-21(16-24(19)2)6-8-22-9-7-21/h10,14,18-19,22H,3-9,11-13,15-16H2,1-2H3. The average molecular weight is 374 g/mol. The molecule has 150 valence electrons. The maximum atomic E-state index is 13.2. The first-order valence-corrected chi connectivity index (χ1v) is 10.7. The van der Waals surface area contributed by atoms with Crippen molar-refractivity contribution in [1.82, 2.24) is 24.7 Å². The number of hydrogen-bond donors (Lipinski definition) is 1. The number of nitrogens with one attached hydrogen (secondary N) is 1. The number of likely N-dealkylation sites (tertiary alicyclic amines) is 2. The summed E-state index contributed by atoms with van der Waals surface area (Å²) in [5.41, 5.74) is 0.376. The van der Waals surface area contributed by atoms with Gasteiger partial charge in [0.05, 0.1) is 6.04 Å². The second-order valence-electron chi connectivity index (χ2n) is 9.11. The molecule has 1 spiro atoms. The van der Waals surface area contributed by atoms with Crippen LogP contribution in [0.1, 0.15) is 44.3 Å². The highest BCUT2D eigenvalue weighted by Gasteiger charge is 2.46. The Bertz CT molecular complexity index is 643. The zero-order chi connectivity index (χ0) is 18.9. The molecule has 3 aliphatic rings. The molecule has 0 saturated carbocycles. The van der Waals surface area contributed by atoms with E-state index in [9.17, 15) is 4.79 Å². The van der Waals surface area contributed by atoms with Crippen molar-refractivity contribution in [3.63, 3.8) is 0 Å². The van der Waals surface area contributed by atoms with Crippen LogP contribution in [0.2, 0.25) is 0 Å². The van der Waals surface area contributed by atoms with E-state index in [-0.39, 0.29) is 6.04 Å². The van der Waals surface area contributed by atoms with Crippen molar-refractivity contribution >= 4 is 5.91 Å². The fourth-order valence-electron chi connectivity index (χ4n) is 5.48. The number of carbonyl (C=O) groups excluding carboxylic acids is 1. The molecular weight excluding hydrogens is 338 g/mol. The number of rotatable bonds is 4. The van der Waals surface area contributed by atoms with Crippen molar-refractivity contribution in [2.24, 2.45) is 11.3 Å². The maximum absolute atomic E-state index is 13.2. The Labute approximate surface area is 163 Å². The molecule has 6 nitrogen and oxygen atoms in total. The Kier molecular flexibility index (Phi) is 5.55. The van der Waals surface area contributed by atoms with Gasteiger partial charge in [-0.15, -0.1) is 0 Å². The van der Waals surface area contributed by atoms with E-state index in [1.54, 1.807) is 0 Å². The Morgan fingerprint density at radius 1 is 1.30 bits per heavy atom. The van der Waals surface area contributed by atoms with Crippen LogP contribution in [0.5, 0.6) is 0 Å². The number of hydrogen-bond acceptors (Lipinski definition) is 4. The van der Waals surface area contributed by atoms with Crippen molar-refractivity contribution in [2.45, 2.75) is 58.0 Å². The van der Waals surface area contributed by atoms with Crippen molar-refractivity contribution in [1.29, 1.82) is 0 Å². The summed E-state index contributed by atoms with van der Waals surface area (Å²) in [5, 5.41) is 3.47. The average Bonchev–Trinajstić information content (AvgIpc) is 3.23. The highest BCUT2D eigenvalue weighted by atomic mass is 16.2. The predicted octanol–water partition coefficient (Wildman–Crippen LogP) is 1.89. The first-order valence-electron chi connectivity index (χ1n) is 10.7. The summed E-state index contributed by atoms with van der Waals surface area (Å²) in [6.45, 7) is 8.29. The van der Waals surface area contributed by atoms with Gasteiger partial charge in [0.25, 0.3) is 0 Å². The van der Waals surface area contributed by atoms with Crippen LogP contribution in [-0.2, 0) is 11.3 Å². The summed E-state index contributed by atoms with van der Waals surface area (Å²) in [6, 6.07) is 0.105. The third kappa shape index (κ3) is 4.06. The molecule has 6 heteroatoms. The van der Waals surface area contributed by atoms with E-state index >= 15 is 0 Å². The van der Waals surface area contributed by atoms with Crippen molar-refractivity contribution in [2.75, 3.05) is 39.8 Å². The van der Waals surface area contributed by atoms with E-state index in [2.05, 4.69) is 44.8 Å². The van der Waals surface area contributed by atoms with Gasteiger partial charge in [-0.2, -0.15) is 0 Å². The van der Waals surface area contributed by atoms with Gasteiger partial charge >= 0.3 is 0 Å². The van der Waals surface area contributed by atoms with Crippen LogP contribution in [0.25, 0.3) is 0 Å². The Morgan fingerprint density at radius 3 is 2.70 bits per heavy atom. The minimum atomic E-state index is 0.105. The SMILES string of the molecule is Cc1nccn1CCC1CCN(C(=O)C2CC3(CCNCC3)CN2C)CC1. The molecule has 0 aromatic carbocycles. The van der Waals surface area contributed by atoms with E-state index in [1.165, 1.54) is 19.3 Å². The molecule has 4 heterocycles. The van der Waals surface area contributed by atoms with E-state index < -0.39 is 0 Å². The maximum Gasteiger partial charge on any atom is 0.239 e. The monoisotopic (exact) mass is 373 g/mol. The molecule has 1 aromatic rings. The largest absolute Gasteiger partial charge is 0.341 e. The van der Waals surface area contributed by atoms with E-state index in [0.717, 1.165) is 70.3 Å². The smallest absolute Gasteiger partial charge is 0.239 e. The normalized spacial score (nSPS) is 26.7. The number of nitrogens with zero attached hydrogens (tertiary/aromatic N) is 4. The third-order valence-corrected chi connectivity index (χ3v) is 7.32. The van der Waals surface area contributed by atoms with Crippen LogP contribution >= 0.6 is 0 Å². The molecule has 3 aliphatic heterocycles. The van der Waals surface area contributed by atoms with Crippen LogP contribution in [0.4, 0.5) is 0 Å². The lowest BCUT2D eigenvalue weighted by molar-refractivity contribution is -0.137. The molecule has 0 bridgehead atoms. The van der Waals surface area contributed by atoms with Gasteiger partial charge in [0.1, 0.15) is 5.82 Å². The van der Waals surface area contributed by atoms with Gasteiger partial charge in [-0.1, -0.05) is 0 Å². The van der Waals surface area contributed by atoms with Crippen molar-refractivity contribution in [3.05, 3.63) is 18.2 Å². The van der Waals surface area contributed by atoms with E-state index in [4.69, 9.17) is 0 Å². The first-order chi connectivity index (χ1) is 13.1. The molecule has 3 saturated heterocycles. The van der Waals surface area contributed by atoms with Gasteiger partial charge < -0.3 is 14.8 Å². The predicted molar refractivity (Wildman–Crippen MR) is 106 cm³/mol. The van der Waals surface area contributed by atoms with Crippen LogP contribution in [0.15, 0.2) is 12.4 Å². The summed E-state index contributed by atoms with van der Waals surface area (Å²) in [5.74, 6) is 2.21. The number of amides is 1. The number of carbonyl (C=O) groups is 1. The molecule has 1 aromatic heterocycles. The Hall–Kier alpha value is -1.40. The highest BCUT2D eigenvalue weighted by Crippen LogP contribution is 2.42. The minimum absolute atomic E-state index is 0.105. The fourth-order valence-corrected chi connectivity index (χ4v) is 5.48. The molecule has 1 atom stereocenters. The highest BCUT2D eigenvalue weighted by molar-refractivity contribution is 5.82. The number of aromatic nitrogens is 2. The second-order valence-corrected chi connectivity index (χ2v) is 9.11. The number of imidazole rings is 1. The topological polar surface area (TPSA) is 53.4 Å².